The van der Waals surface area contributed by atoms with Crippen LogP contribution >= 0.6 is 11.8 Å². The molecule has 5 nitrogen and oxygen atoms in total. The van der Waals surface area contributed by atoms with Crippen LogP contribution in [-0.2, 0) is 10.0 Å². The predicted octanol–water partition coefficient (Wildman–Crippen LogP) is 1.61. The molecule has 1 aromatic rings. The molecule has 1 fully saturated rings. The Hall–Kier alpha value is -0.920. The molecule has 5 N–H and O–H groups in total. The smallest absolute Gasteiger partial charge is 0.238 e. The molecule has 1 aliphatic rings. The van der Waals surface area contributed by atoms with Crippen molar-refractivity contribution in [1.29, 1.82) is 0 Å². The highest BCUT2D eigenvalue weighted by Crippen LogP contribution is 2.38. The summed E-state index contributed by atoms with van der Waals surface area (Å²) in [5.74, 6) is 1.19. The molecular weight excluding hydrogens is 282 g/mol. The molecule has 0 aromatic heterocycles. The standard InChI is InChI=1S/C12H19N3O2S2/c1-12(5-2-6-18-12)8-15-11-4-3-9(7-10(11)13)19(14,16)17/h3-4,7,15H,2,5-6,8,13H2,1H3,(H2,14,16,17). The van der Waals surface area contributed by atoms with Gasteiger partial charge in [0.05, 0.1) is 16.3 Å². The lowest BCUT2D eigenvalue weighted by molar-refractivity contribution is 0.598. The number of hydrogen-bond donors (Lipinski definition) is 3. The largest absolute Gasteiger partial charge is 0.397 e. The average molecular weight is 301 g/mol. The Morgan fingerprint density at radius 3 is 2.74 bits per heavy atom. The summed E-state index contributed by atoms with van der Waals surface area (Å²) in [4.78, 5) is 0.0389. The number of anilines is 2. The molecule has 7 heteroatoms. The van der Waals surface area contributed by atoms with Gasteiger partial charge in [-0.2, -0.15) is 11.8 Å². The van der Waals surface area contributed by atoms with Gasteiger partial charge in [-0.3, -0.25) is 0 Å². The van der Waals surface area contributed by atoms with E-state index in [1.54, 1.807) is 6.07 Å². The Bertz CT molecular complexity index is 566. The van der Waals surface area contributed by atoms with Gasteiger partial charge in [0.15, 0.2) is 0 Å². The Morgan fingerprint density at radius 2 is 2.21 bits per heavy atom. The van der Waals surface area contributed by atoms with E-state index in [1.807, 2.05) is 11.8 Å². The van der Waals surface area contributed by atoms with Gasteiger partial charge in [-0.25, -0.2) is 13.6 Å². The summed E-state index contributed by atoms with van der Waals surface area (Å²) in [7, 11) is -3.70. The lowest BCUT2D eigenvalue weighted by atomic mass is 10.1. The van der Waals surface area contributed by atoms with Gasteiger partial charge >= 0.3 is 0 Å². The molecule has 0 amide bonds. The molecule has 0 aliphatic carbocycles. The van der Waals surface area contributed by atoms with Crippen molar-refractivity contribution in [2.75, 3.05) is 23.3 Å². The van der Waals surface area contributed by atoms with Crippen molar-refractivity contribution in [3.8, 4) is 0 Å². The first kappa shape index (κ1) is 14.5. The SMILES string of the molecule is CC1(CNc2ccc(S(N)(=O)=O)cc2N)CCCS1. The van der Waals surface area contributed by atoms with Gasteiger partial charge in [-0.15, -0.1) is 0 Å². The second kappa shape index (κ2) is 5.22. The number of sulfonamides is 1. The maximum atomic E-state index is 11.2. The number of nitrogens with two attached hydrogens (primary N) is 2. The lowest BCUT2D eigenvalue weighted by Crippen LogP contribution is -2.27. The maximum absolute atomic E-state index is 11.2. The highest BCUT2D eigenvalue weighted by molar-refractivity contribution is 8.00. The fraction of sp³-hybridized carbons (Fsp3) is 0.500. The van der Waals surface area contributed by atoms with E-state index in [0.29, 0.717) is 5.69 Å². The third-order valence-corrected chi connectivity index (χ3v) is 5.75. The molecule has 1 heterocycles. The number of nitrogens with one attached hydrogen (secondary N) is 1. The summed E-state index contributed by atoms with van der Waals surface area (Å²) < 4.78 is 22.7. The third-order valence-electron chi connectivity index (χ3n) is 3.30. The minimum Gasteiger partial charge on any atom is -0.397 e. The monoisotopic (exact) mass is 301 g/mol. The van der Waals surface area contributed by atoms with E-state index >= 15 is 0 Å². The fourth-order valence-electron chi connectivity index (χ4n) is 2.14. The number of nitrogen functional groups attached to an aromatic ring is 1. The minimum absolute atomic E-state index is 0.0389. The average Bonchev–Trinajstić information content (AvgIpc) is 2.74. The van der Waals surface area contributed by atoms with Crippen LogP contribution in [0.2, 0.25) is 0 Å². The number of primary sulfonamides is 1. The summed E-state index contributed by atoms with van der Waals surface area (Å²) >= 11 is 1.96. The van der Waals surface area contributed by atoms with E-state index < -0.39 is 10.0 Å². The number of benzene rings is 1. The van der Waals surface area contributed by atoms with Crippen molar-refractivity contribution in [2.45, 2.75) is 29.4 Å². The Labute approximate surface area is 118 Å². The zero-order chi connectivity index (χ0) is 14.1. The molecule has 0 spiro atoms. The van der Waals surface area contributed by atoms with E-state index in [2.05, 4.69) is 12.2 Å². The van der Waals surface area contributed by atoms with Gasteiger partial charge in [0.25, 0.3) is 0 Å². The fourth-order valence-corrected chi connectivity index (χ4v) is 3.93. The zero-order valence-corrected chi connectivity index (χ0v) is 12.5. The molecule has 0 radical (unpaired) electrons. The summed E-state index contributed by atoms with van der Waals surface area (Å²) in [5, 5.41) is 8.36. The molecule has 0 saturated carbocycles. The molecule has 1 saturated heterocycles. The quantitative estimate of drug-likeness (QED) is 0.734. The number of hydrogen-bond acceptors (Lipinski definition) is 5. The molecule has 106 valence electrons. The van der Waals surface area contributed by atoms with Crippen LogP contribution in [0.5, 0.6) is 0 Å². The Kier molecular flexibility index (Phi) is 3.98. The number of rotatable bonds is 4. The Balaban J connectivity index is 2.09. The van der Waals surface area contributed by atoms with Gasteiger partial charge in [0.1, 0.15) is 0 Å². The van der Waals surface area contributed by atoms with Crippen LogP contribution in [0.3, 0.4) is 0 Å². The van der Waals surface area contributed by atoms with Crippen LogP contribution < -0.4 is 16.2 Å². The van der Waals surface area contributed by atoms with Gasteiger partial charge in [0.2, 0.25) is 10.0 Å². The second-order valence-corrected chi connectivity index (χ2v) is 8.29. The normalized spacial score (nSPS) is 23.5. The van der Waals surface area contributed by atoms with Crippen molar-refractivity contribution in [1.82, 2.24) is 0 Å². The van der Waals surface area contributed by atoms with E-state index in [9.17, 15) is 8.42 Å². The van der Waals surface area contributed by atoms with Crippen LogP contribution in [0.4, 0.5) is 11.4 Å². The third kappa shape index (κ3) is 3.55. The highest BCUT2D eigenvalue weighted by atomic mass is 32.2. The molecule has 19 heavy (non-hydrogen) atoms. The first-order valence-electron chi connectivity index (χ1n) is 6.10. The molecular formula is C12H19N3O2S2. The minimum atomic E-state index is -3.70. The van der Waals surface area contributed by atoms with Crippen LogP contribution in [0.25, 0.3) is 0 Å². The van der Waals surface area contributed by atoms with Gasteiger partial charge < -0.3 is 11.1 Å². The van der Waals surface area contributed by atoms with Crippen molar-refractivity contribution in [3.63, 3.8) is 0 Å². The van der Waals surface area contributed by atoms with Gasteiger partial charge in [-0.05, 0) is 43.7 Å². The van der Waals surface area contributed by atoms with Crippen LogP contribution in [0.1, 0.15) is 19.8 Å². The zero-order valence-electron chi connectivity index (χ0n) is 10.8. The predicted molar refractivity (Wildman–Crippen MR) is 80.8 cm³/mol. The molecule has 1 aliphatic heterocycles. The van der Waals surface area contributed by atoms with Crippen molar-refractivity contribution in [3.05, 3.63) is 18.2 Å². The molecule has 1 atom stereocenters. The van der Waals surface area contributed by atoms with Crippen molar-refractivity contribution in [2.24, 2.45) is 5.14 Å². The summed E-state index contributed by atoms with van der Waals surface area (Å²) in [6, 6.07) is 4.53. The van der Waals surface area contributed by atoms with E-state index in [0.717, 1.165) is 12.2 Å². The van der Waals surface area contributed by atoms with Gasteiger partial charge in [0, 0.05) is 11.3 Å². The van der Waals surface area contributed by atoms with Crippen LogP contribution in [0.15, 0.2) is 23.1 Å². The lowest BCUT2D eigenvalue weighted by Gasteiger charge is -2.24. The molecule has 2 rings (SSSR count). The summed E-state index contributed by atoms with van der Waals surface area (Å²) in [6.45, 7) is 3.04. The van der Waals surface area contributed by atoms with E-state index in [-0.39, 0.29) is 9.64 Å². The summed E-state index contributed by atoms with van der Waals surface area (Å²) in [6.07, 6.45) is 2.42. The molecule has 1 aromatic carbocycles. The van der Waals surface area contributed by atoms with Crippen molar-refractivity contribution >= 4 is 33.2 Å². The molecule has 1 unspecified atom stereocenters. The second-order valence-electron chi connectivity index (χ2n) is 5.05. The number of thioether (sulfide) groups is 1. The summed E-state index contributed by atoms with van der Waals surface area (Å²) in [5.41, 5.74) is 7.01. The van der Waals surface area contributed by atoms with Crippen LogP contribution in [-0.4, -0.2) is 25.5 Å². The van der Waals surface area contributed by atoms with E-state index in [1.165, 1.54) is 30.7 Å². The molecule has 0 bridgehead atoms. The highest BCUT2D eigenvalue weighted by Gasteiger charge is 2.29. The first-order valence-corrected chi connectivity index (χ1v) is 8.64. The van der Waals surface area contributed by atoms with Crippen LogP contribution in [0, 0.1) is 0 Å². The van der Waals surface area contributed by atoms with Gasteiger partial charge in [-0.1, -0.05) is 0 Å². The van der Waals surface area contributed by atoms with Crippen molar-refractivity contribution < 1.29 is 8.42 Å². The first-order chi connectivity index (χ1) is 8.80. The Morgan fingerprint density at radius 1 is 1.47 bits per heavy atom. The van der Waals surface area contributed by atoms with E-state index in [4.69, 9.17) is 10.9 Å². The topological polar surface area (TPSA) is 98.2 Å². The maximum Gasteiger partial charge on any atom is 0.238 e.